The molecule has 0 unspecified atom stereocenters. The number of esters is 1. The molecule has 2 aromatic rings. The standard InChI is InChI=1S/C13H12BrNO2/c1-15-11(7-8-12(15)13(16)17-2)9-3-5-10(14)6-4-9/h3-8H,1-2H3. The van der Waals surface area contributed by atoms with E-state index in [1.165, 1.54) is 7.11 Å². The normalized spacial score (nSPS) is 10.3. The van der Waals surface area contributed by atoms with Crippen molar-refractivity contribution >= 4 is 21.9 Å². The Morgan fingerprint density at radius 2 is 1.82 bits per heavy atom. The van der Waals surface area contributed by atoms with Gasteiger partial charge in [-0.05, 0) is 29.8 Å². The number of carbonyl (C=O) groups is 1. The van der Waals surface area contributed by atoms with Crippen LogP contribution >= 0.6 is 15.9 Å². The quantitative estimate of drug-likeness (QED) is 0.796. The molecule has 0 bridgehead atoms. The summed E-state index contributed by atoms with van der Waals surface area (Å²) >= 11 is 3.40. The van der Waals surface area contributed by atoms with E-state index in [-0.39, 0.29) is 5.97 Å². The highest BCUT2D eigenvalue weighted by atomic mass is 79.9. The second-order valence-electron chi connectivity index (χ2n) is 3.66. The molecule has 0 aliphatic carbocycles. The highest BCUT2D eigenvalue weighted by Gasteiger charge is 2.13. The molecule has 1 aromatic carbocycles. The van der Waals surface area contributed by atoms with Gasteiger partial charge in [-0.2, -0.15) is 0 Å². The second kappa shape index (κ2) is 4.75. The van der Waals surface area contributed by atoms with Gasteiger partial charge in [0.15, 0.2) is 0 Å². The maximum absolute atomic E-state index is 11.5. The van der Waals surface area contributed by atoms with E-state index in [1.54, 1.807) is 6.07 Å². The van der Waals surface area contributed by atoms with Crippen LogP contribution in [0.25, 0.3) is 11.3 Å². The maximum atomic E-state index is 11.5. The average molecular weight is 294 g/mol. The van der Waals surface area contributed by atoms with Gasteiger partial charge in [-0.15, -0.1) is 0 Å². The minimum Gasteiger partial charge on any atom is -0.464 e. The summed E-state index contributed by atoms with van der Waals surface area (Å²) < 4.78 is 7.58. The van der Waals surface area contributed by atoms with Crippen LogP contribution in [0.3, 0.4) is 0 Å². The molecule has 0 saturated carbocycles. The van der Waals surface area contributed by atoms with Gasteiger partial charge in [0.05, 0.1) is 7.11 Å². The number of ether oxygens (including phenoxy) is 1. The van der Waals surface area contributed by atoms with E-state index in [0.717, 1.165) is 15.7 Å². The van der Waals surface area contributed by atoms with Gasteiger partial charge in [0, 0.05) is 17.2 Å². The van der Waals surface area contributed by atoms with Crippen LogP contribution in [0.5, 0.6) is 0 Å². The van der Waals surface area contributed by atoms with Crippen molar-refractivity contribution in [3.8, 4) is 11.3 Å². The highest BCUT2D eigenvalue weighted by Crippen LogP contribution is 2.23. The molecule has 4 heteroatoms. The van der Waals surface area contributed by atoms with Gasteiger partial charge in [0.1, 0.15) is 5.69 Å². The zero-order valence-electron chi connectivity index (χ0n) is 9.61. The number of aromatic nitrogens is 1. The number of methoxy groups -OCH3 is 1. The monoisotopic (exact) mass is 293 g/mol. The van der Waals surface area contributed by atoms with Crippen LogP contribution < -0.4 is 0 Å². The summed E-state index contributed by atoms with van der Waals surface area (Å²) in [6.07, 6.45) is 0. The van der Waals surface area contributed by atoms with Crippen molar-refractivity contribution in [3.05, 3.63) is 46.6 Å². The van der Waals surface area contributed by atoms with Gasteiger partial charge in [-0.1, -0.05) is 28.1 Å². The molecule has 0 aliphatic rings. The molecule has 0 N–H and O–H groups in total. The van der Waals surface area contributed by atoms with E-state index in [0.29, 0.717) is 5.69 Å². The zero-order valence-corrected chi connectivity index (χ0v) is 11.2. The van der Waals surface area contributed by atoms with E-state index in [9.17, 15) is 4.79 Å². The van der Waals surface area contributed by atoms with Crippen LogP contribution in [-0.4, -0.2) is 17.6 Å². The van der Waals surface area contributed by atoms with Crippen molar-refractivity contribution in [2.45, 2.75) is 0 Å². The minimum absolute atomic E-state index is 0.323. The molecule has 17 heavy (non-hydrogen) atoms. The third-order valence-corrected chi connectivity index (χ3v) is 3.18. The molecule has 2 rings (SSSR count). The Kier molecular flexibility index (Phi) is 3.33. The Balaban J connectivity index is 2.44. The molecule has 1 aromatic heterocycles. The average Bonchev–Trinajstić information content (AvgIpc) is 2.71. The van der Waals surface area contributed by atoms with Crippen molar-refractivity contribution in [1.29, 1.82) is 0 Å². The summed E-state index contributed by atoms with van der Waals surface area (Å²) in [4.78, 5) is 11.5. The summed E-state index contributed by atoms with van der Waals surface area (Å²) in [6.45, 7) is 0. The molecule has 0 saturated heterocycles. The molecule has 0 aliphatic heterocycles. The third-order valence-electron chi connectivity index (χ3n) is 2.66. The Morgan fingerprint density at radius 1 is 1.18 bits per heavy atom. The summed E-state index contributed by atoms with van der Waals surface area (Å²) in [5.74, 6) is -0.323. The fraction of sp³-hybridized carbons (Fsp3) is 0.154. The lowest BCUT2D eigenvalue weighted by Crippen LogP contribution is -2.07. The predicted molar refractivity (Wildman–Crippen MR) is 69.9 cm³/mol. The summed E-state index contributed by atoms with van der Waals surface area (Å²) in [5, 5.41) is 0. The molecule has 1 heterocycles. The van der Waals surface area contributed by atoms with E-state index in [4.69, 9.17) is 4.74 Å². The lowest BCUT2D eigenvalue weighted by molar-refractivity contribution is 0.0590. The number of halogens is 1. The topological polar surface area (TPSA) is 31.2 Å². The van der Waals surface area contributed by atoms with Crippen LogP contribution in [0.4, 0.5) is 0 Å². The first-order chi connectivity index (χ1) is 8.13. The van der Waals surface area contributed by atoms with Crippen molar-refractivity contribution in [1.82, 2.24) is 4.57 Å². The Bertz CT molecular complexity index is 543. The van der Waals surface area contributed by atoms with E-state index < -0.39 is 0 Å². The van der Waals surface area contributed by atoms with E-state index >= 15 is 0 Å². The van der Waals surface area contributed by atoms with Crippen molar-refractivity contribution in [2.24, 2.45) is 7.05 Å². The largest absolute Gasteiger partial charge is 0.464 e. The van der Waals surface area contributed by atoms with Crippen LogP contribution in [0.15, 0.2) is 40.9 Å². The molecule has 88 valence electrons. The molecule has 0 amide bonds. The third kappa shape index (κ3) is 2.26. The van der Waals surface area contributed by atoms with Gasteiger partial charge in [-0.3, -0.25) is 0 Å². The van der Waals surface area contributed by atoms with E-state index in [2.05, 4.69) is 15.9 Å². The van der Waals surface area contributed by atoms with Crippen LogP contribution in [-0.2, 0) is 11.8 Å². The number of hydrogen-bond donors (Lipinski definition) is 0. The van der Waals surface area contributed by atoms with Gasteiger partial charge in [0.2, 0.25) is 0 Å². The second-order valence-corrected chi connectivity index (χ2v) is 4.58. The first-order valence-electron chi connectivity index (χ1n) is 5.13. The molecule has 3 nitrogen and oxygen atoms in total. The van der Waals surface area contributed by atoms with Crippen molar-refractivity contribution < 1.29 is 9.53 Å². The van der Waals surface area contributed by atoms with Gasteiger partial charge >= 0.3 is 5.97 Å². The fourth-order valence-electron chi connectivity index (χ4n) is 1.73. The summed E-state index contributed by atoms with van der Waals surface area (Å²) in [5.41, 5.74) is 2.59. The molecule has 0 fully saturated rings. The van der Waals surface area contributed by atoms with Crippen LogP contribution in [0.1, 0.15) is 10.5 Å². The number of nitrogens with zero attached hydrogens (tertiary/aromatic N) is 1. The SMILES string of the molecule is COC(=O)c1ccc(-c2ccc(Br)cc2)n1C. The van der Waals surface area contributed by atoms with Crippen molar-refractivity contribution in [2.75, 3.05) is 7.11 Å². The summed E-state index contributed by atoms with van der Waals surface area (Å²) in [7, 11) is 3.23. The van der Waals surface area contributed by atoms with Gasteiger partial charge < -0.3 is 9.30 Å². The van der Waals surface area contributed by atoms with Gasteiger partial charge in [-0.25, -0.2) is 4.79 Å². The molecule has 0 spiro atoms. The predicted octanol–water partition coefficient (Wildman–Crippen LogP) is 3.24. The Morgan fingerprint density at radius 3 is 2.41 bits per heavy atom. The smallest absolute Gasteiger partial charge is 0.354 e. The fourth-order valence-corrected chi connectivity index (χ4v) is 2.00. The summed E-state index contributed by atoms with van der Waals surface area (Å²) in [6, 6.07) is 11.6. The number of benzene rings is 1. The van der Waals surface area contributed by atoms with Gasteiger partial charge in [0.25, 0.3) is 0 Å². The highest BCUT2D eigenvalue weighted by molar-refractivity contribution is 9.10. The molecular weight excluding hydrogens is 282 g/mol. The van der Waals surface area contributed by atoms with Crippen molar-refractivity contribution in [3.63, 3.8) is 0 Å². The maximum Gasteiger partial charge on any atom is 0.354 e. The first-order valence-corrected chi connectivity index (χ1v) is 5.92. The van der Waals surface area contributed by atoms with Crippen LogP contribution in [0, 0.1) is 0 Å². The van der Waals surface area contributed by atoms with Crippen LogP contribution in [0.2, 0.25) is 0 Å². The molecule has 0 atom stereocenters. The Labute approximate surface area is 108 Å². The number of rotatable bonds is 2. The Hall–Kier alpha value is -1.55. The number of hydrogen-bond acceptors (Lipinski definition) is 2. The minimum atomic E-state index is -0.323. The first kappa shape index (κ1) is 11.9. The lowest BCUT2D eigenvalue weighted by atomic mass is 10.1. The lowest BCUT2D eigenvalue weighted by Gasteiger charge is -2.06. The number of carbonyl (C=O) groups excluding carboxylic acids is 1. The molecule has 0 radical (unpaired) electrons. The zero-order chi connectivity index (χ0) is 12.4. The molecular formula is C13H12BrNO2. The van der Waals surface area contributed by atoms with E-state index in [1.807, 2.05) is 41.9 Å².